The molecule has 8 heteroatoms. The average molecular weight is 216 g/mol. The lowest BCUT2D eigenvalue weighted by Crippen LogP contribution is -2.17. The van der Waals surface area contributed by atoms with Crippen LogP contribution in [0.2, 0.25) is 0 Å². The molecule has 15 heavy (non-hydrogen) atoms. The fraction of sp³-hybridized carbons (Fsp3) is 0.286. The van der Waals surface area contributed by atoms with Crippen LogP contribution >= 0.6 is 0 Å². The van der Waals surface area contributed by atoms with E-state index in [-0.39, 0.29) is 11.4 Å². The third kappa shape index (κ3) is 3.04. The molecule has 0 aliphatic rings. The highest BCUT2D eigenvalue weighted by Crippen LogP contribution is 2.08. The topological polar surface area (TPSA) is 133 Å². The maximum Gasteiger partial charge on any atom is 0.360 e. The molecule has 0 saturated heterocycles. The van der Waals surface area contributed by atoms with Gasteiger partial charge in [-0.3, -0.25) is 16.5 Å². The molecule has 0 radical (unpaired) electrons. The Morgan fingerprint density at radius 3 is 2.53 bits per heavy atom. The normalized spacial score (nSPS) is 8.53. The fourth-order valence-electron chi connectivity index (χ4n) is 0.819. The fourth-order valence-corrected chi connectivity index (χ4v) is 0.819. The molecule has 84 valence electrons. The highest BCUT2D eigenvalue weighted by molar-refractivity contribution is 5.89. The zero-order chi connectivity index (χ0) is 11.8. The van der Waals surface area contributed by atoms with Gasteiger partial charge in [-0.1, -0.05) is 0 Å². The number of carbonyl (C=O) groups is 1. The first-order valence-electron chi connectivity index (χ1n) is 3.74. The summed E-state index contributed by atoms with van der Waals surface area (Å²) < 4.78 is 9.09. The van der Waals surface area contributed by atoms with Gasteiger partial charge in [0.2, 0.25) is 5.75 Å². The number of hydrogen-bond acceptors (Lipinski definition) is 7. The highest BCUT2D eigenvalue weighted by Gasteiger charge is 2.16. The molecule has 1 heterocycles. The van der Waals surface area contributed by atoms with Crippen LogP contribution < -0.4 is 22.0 Å². The summed E-state index contributed by atoms with van der Waals surface area (Å²) in [5, 5.41) is 0. The SMILES string of the molecule is COC(=O)c1nc[nH]c(=O)c1OC.NN. The van der Waals surface area contributed by atoms with Gasteiger partial charge >= 0.3 is 5.97 Å². The standard InChI is InChI=1S/C7H8N2O4.H4N2/c1-12-5-4(7(11)13-2)8-3-9-6(5)10;1-2/h3H,1-2H3,(H,8,9,10);1-2H2. The Kier molecular flexibility index (Phi) is 5.67. The van der Waals surface area contributed by atoms with Gasteiger partial charge in [0.25, 0.3) is 5.56 Å². The molecular formula is C7H12N4O4. The second kappa shape index (κ2) is 6.51. The molecule has 0 aliphatic heterocycles. The minimum absolute atomic E-state index is 0.131. The van der Waals surface area contributed by atoms with Crippen LogP contribution in [0.1, 0.15) is 10.5 Å². The van der Waals surface area contributed by atoms with Crippen molar-refractivity contribution < 1.29 is 14.3 Å². The number of aromatic amines is 1. The quantitative estimate of drug-likeness (QED) is 0.307. The molecule has 1 aromatic heterocycles. The first kappa shape index (κ1) is 13.1. The van der Waals surface area contributed by atoms with E-state index >= 15 is 0 Å². The average Bonchev–Trinajstić information content (AvgIpc) is 2.30. The summed E-state index contributed by atoms with van der Waals surface area (Å²) in [4.78, 5) is 28.0. The summed E-state index contributed by atoms with van der Waals surface area (Å²) in [6, 6.07) is 0. The molecule has 1 aromatic rings. The van der Waals surface area contributed by atoms with Crippen LogP contribution in [0, 0.1) is 0 Å². The number of hydrogen-bond donors (Lipinski definition) is 3. The number of carbonyl (C=O) groups excluding carboxylic acids is 1. The van der Waals surface area contributed by atoms with Gasteiger partial charge in [0.1, 0.15) is 0 Å². The Balaban J connectivity index is 0.000000921. The maximum atomic E-state index is 11.1. The van der Waals surface area contributed by atoms with E-state index in [0.29, 0.717) is 0 Å². The first-order valence-corrected chi connectivity index (χ1v) is 3.74. The molecule has 0 amide bonds. The highest BCUT2D eigenvalue weighted by atomic mass is 16.5. The lowest BCUT2D eigenvalue weighted by molar-refractivity contribution is 0.0589. The molecule has 0 aromatic carbocycles. The van der Waals surface area contributed by atoms with E-state index < -0.39 is 11.5 Å². The first-order chi connectivity index (χ1) is 7.20. The predicted octanol–water partition coefficient (Wildman–Crippen LogP) is -1.62. The van der Waals surface area contributed by atoms with E-state index in [1.54, 1.807) is 0 Å². The number of aromatic nitrogens is 2. The number of esters is 1. The monoisotopic (exact) mass is 216 g/mol. The Labute approximate surface area is 85.2 Å². The van der Waals surface area contributed by atoms with E-state index in [0.717, 1.165) is 6.33 Å². The number of H-pyrrole nitrogens is 1. The van der Waals surface area contributed by atoms with Gasteiger partial charge in [-0.05, 0) is 0 Å². The molecule has 5 N–H and O–H groups in total. The Morgan fingerprint density at radius 1 is 1.47 bits per heavy atom. The van der Waals surface area contributed by atoms with Gasteiger partial charge in [-0.25, -0.2) is 9.78 Å². The molecule has 1 rings (SSSR count). The van der Waals surface area contributed by atoms with Crippen molar-refractivity contribution in [2.75, 3.05) is 14.2 Å². The van der Waals surface area contributed by atoms with Crippen LogP contribution in [-0.2, 0) is 4.74 Å². The van der Waals surface area contributed by atoms with Crippen molar-refractivity contribution in [2.45, 2.75) is 0 Å². The number of nitrogens with one attached hydrogen (secondary N) is 1. The zero-order valence-electron chi connectivity index (χ0n) is 8.31. The lowest BCUT2D eigenvalue weighted by Gasteiger charge is -2.02. The molecule has 8 nitrogen and oxygen atoms in total. The molecule has 0 atom stereocenters. The van der Waals surface area contributed by atoms with Crippen LogP contribution in [0.25, 0.3) is 0 Å². The van der Waals surface area contributed by atoms with Crippen molar-refractivity contribution in [3.63, 3.8) is 0 Å². The second-order valence-electron chi connectivity index (χ2n) is 2.11. The van der Waals surface area contributed by atoms with Crippen molar-refractivity contribution >= 4 is 5.97 Å². The summed E-state index contributed by atoms with van der Waals surface area (Å²) >= 11 is 0. The van der Waals surface area contributed by atoms with E-state index in [2.05, 4.69) is 26.4 Å². The van der Waals surface area contributed by atoms with Crippen molar-refractivity contribution in [3.05, 3.63) is 22.4 Å². The van der Waals surface area contributed by atoms with Gasteiger partial charge in [0.05, 0.1) is 20.5 Å². The number of nitrogens with two attached hydrogens (primary N) is 2. The number of nitrogens with zero attached hydrogens (tertiary/aromatic N) is 1. The van der Waals surface area contributed by atoms with Gasteiger partial charge < -0.3 is 14.5 Å². The van der Waals surface area contributed by atoms with Crippen LogP contribution in [-0.4, -0.2) is 30.2 Å². The van der Waals surface area contributed by atoms with E-state index in [4.69, 9.17) is 4.74 Å². The Morgan fingerprint density at radius 2 is 2.07 bits per heavy atom. The summed E-state index contributed by atoms with van der Waals surface area (Å²) in [5.41, 5.74) is -0.647. The Bertz CT molecular complexity index is 375. The molecule has 0 bridgehead atoms. The number of rotatable bonds is 2. The van der Waals surface area contributed by atoms with Crippen LogP contribution in [0.3, 0.4) is 0 Å². The predicted molar refractivity (Wildman–Crippen MR) is 51.1 cm³/mol. The summed E-state index contributed by atoms with van der Waals surface area (Å²) in [5.74, 6) is 7.15. The van der Waals surface area contributed by atoms with Gasteiger partial charge in [-0.2, -0.15) is 0 Å². The van der Waals surface area contributed by atoms with Crippen LogP contribution in [0.15, 0.2) is 11.1 Å². The summed E-state index contributed by atoms with van der Waals surface area (Å²) in [6.07, 6.45) is 1.11. The largest absolute Gasteiger partial charge is 0.489 e. The molecule has 0 aliphatic carbocycles. The maximum absolute atomic E-state index is 11.1. The van der Waals surface area contributed by atoms with Gasteiger partial charge in [-0.15, -0.1) is 0 Å². The number of methoxy groups -OCH3 is 2. The lowest BCUT2D eigenvalue weighted by atomic mass is 10.4. The van der Waals surface area contributed by atoms with E-state index in [9.17, 15) is 9.59 Å². The minimum Gasteiger partial charge on any atom is -0.489 e. The zero-order valence-corrected chi connectivity index (χ0v) is 8.31. The van der Waals surface area contributed by atoms with Crippen molar-refractivity contribution in [2.24, 2.45) is 11.7 Å². The number of ether oxygens (including phenoxy) is 2. The molecule has 0 saturated carbocycles. The van der Waals surface area contributed by atoms with Crippen LogP contribution in [0.4, 0.5) is 0 Å². The third-order valence-electron chi connectivity index (χ3n) is 1.39. The molecule has 0 unspecified atom stereocenters. The Hall–Kier alpha value is -1.93. The number of hydrazine groups is 1. The van der Waals surface area contributed by atoms with E-state index in [1.165, 1.54) is 14.2 Å². The van der Waals surface area contributed by atoms with Crippen molar-refractivity contribution in [1.82, 2.24) is 9.97 Å². The van der Waals surface area contributed by atoms with Gasteiger partial charge in [0.15, 0.2) is 5.69 Å². The molecular weight excluding hydrogens is 204 g/mol. The van der Waals surface area contributed by atoms with Gasteiger partial charge in [0, 0.05) is 0 Å². The molecule has 0 fully saturated rings. The smallest absolute Gasteiger partial charge is 0.360 e. The summed E-state index contributed by atoms with van der Waals surface area (Å²) in [7, 11) is 2.48. The van der Waals surface area contributed by atoms with Crippen molar-refractivity contribution in [1.29, 1.82) is 0 Å². The summed E-state index contributed by atoms with van der Waals surface area (Å²) in [6.45, 7) is 0. The van der Waals surface area contributed by atoms with Crippen LogP contribution in [0.5, 0.6) is 5.75 Å². The second-order valence-corrected chi connectivity index (χ2v) is 2.11. The van der Waals surface area contributed by atoms with E-state index in [1.807, 2.05) is 0 Å². The molecule has 0 spiro atoms. The van der Waals surface area contributed by atoms with Crippen molar-refractivity contribution in [3.8, 4) is 5.75 Å². The minimum atomic E-state index is -0.706. The third-order valence-corrected chi connectivity index (χ3v) is 1.39.